The van der Waals surface area contributed by atoms with Gasteiger partial charge in [-0.2, -0.15) is 13.2 Å². The summed E-state index contributed by atoms with van der Waals surface area (Å²) in [5.41, 5.74) is 1.22. The number of aryl methyl sites for hydroxylation is 1. The Balaban J connectivity index is 1.69. The number of ether oxygens (including phenoxy) is 3. The van der Waals surface area contributed by atoms with Crippen LogP contribution in [0.2, 0.25) is 5.02 Å². The van der Waals surface area contributed by atoms with Gasteiger partial charge in [0.05, 0.1) is 5.69 Å². The smallest absolute Gasteiger partial charge is 0.489 e. The van der Waals surface area contributed by atoms with Gasteiger partial charge in [-0.05, 0) is 55.3 Å². The summed E-state index contributed by atoms with van der Waals surface area (Å²) in [4.78, 5) is 26.9. The maximum absolute atomic E-state index is 13.0. The molecule has 1 saturated heterocycles. The van der Waals surface area contributed by atoms with E-state index >= 15 is 0 Å². The molecule has 2 amide bonds. The van der Waals surface area contributed by atoms with Crippen molar-refractivity contribution in [2.45, 2.75) is 31.7 Å². The lowest BCUT2D eigenvalue weighted by atomic mass is 10.2. The lowest BCUT2D eigenvalue weighted by Gasteiger charge is -2.26. The molecule has 1 aliphatic rings. The van der Waals surface area contributed by atoms with Crippen molar-refractivity contribution in [3.05, 3.63) is 53.1 Å². The number of rotatable bonds is 9. The van der Waals surface area contributed by atoms with Crippen molar-refractivity contribution in [2.24, 2.45) is 0 Å². The van der Waals surface area contributed by atoms with Gasteiger partial charge in [-0.15, -0.1) is 0 Å². The minimum atomic E-state index is -5.14. The summed E-state index contributed by atoms with van der Waals surface area (Å²) < 4.78 is 55.4. The average Bonchev–Trinajstić information content (AvgIpc) is 3.29. The van der Waals surface area contributed by atoms with Gasteiger partial charge in [0.25, 0.3) is 0 Å². The van der Waals surface area contributed by atoms with Crippen molar-refractivity contribution in [1.82, 2.24) is 10.2 Å². The second-order valence-corrected chi connectivity index (χ2v) is 9.10. The van der Waals surface area contributed by atoms with E-state index in [1.54, 1.807) is 42.5 Å². The normalized spacial score (nSPS) is 16.7. The number of alkyl halides is 3. The van der Waals surface area contributed by atoms with E-state index in [0.29, 0.717) is 36.0 Å². The standard InChI is InChI=1S/C25H29ClF3N3O5/c1-16-4-9-21(31(3)24(34)30-2)22(12-16)35-15-20(37-23(33)25(27,28)29)14-32-11-10-19(13-32)36-18-7-5-17(26)6-8-18/h4-9,12,19-20H,10-11,13-15H2,1-3H3,(H,30,34). The molecule has 0 saturated carbocycles. The number of carbonyl (C=O) groups excluding carboxylic acids is 2. The maximum atomic E-state index is 13.0. The first-order valence-corrected chi connectivity index (χ1v) is 12.0. The summed E-state index contributed by atoms with van der Waals surface area (Å²) in [7, 11) is 3.00. The minimum Gasteiger partial charge on any atom is -0.489 e. The molecule has 1 heterocycles. The molecule has 0 bridgehead atoms. The fourth-order valence-electron chi connectivity index (χ4n) is 3.87. The molecule has 1 aliphatic heterocycles. The Labute approximate surface area is 218 Å². The molecule has 0 spiro atoms. The van der Waals surface area contributed by atoms with Crippen molar-refractivity contribution in [2.75, 3.05) is 45.2 Å². The molecule has 37 heavy (non-hydrogen) atoms. The lowest BCUT2D eigenvalue weighted by Crippen LogP contribution is -2.41. The number of anilines is 1. The van der Waals surface area contributed by atoms with Gasteiger partial charge in [0.1, 0.15) is 30.3 Å². The van der Waals surface area contributed by atoms with E-state index in [2.05, 4.69) is 5.32 Å². The number of likely N-dealkylation sites (tertiary alicyclic amines) is 1. The first-order chi connectivity index (χ1) is 17.5. The molecule has 0 radical (unpaired) electrons. The minimum absolute atomic E-state index is 0.00866. The summed E-state index contributed by atoms with van der Waals surface area (Å²) in [5, 5.41) is 3.07. The molecule has 3 rings (SSSR count). The molecule has 2 atom stereocenters. The van der Waals surface area contributed by atoms with E-state index in [-0.39, 0.29) is 25.0 Å². The maximum Gasteiger partial charge on any atom is 0.490 e. The monoisotopic (exact) mass is 543 g/mol. The highest BCUT2D eigenvalue weighted by atomic mass is 35.5. The molecule has 202 valence electrons. The lowest BCUT2D eigenvalue weighted by molar-refractivity contribution is -0.206. The molecular formula is C25H29ClF3N3O5. The molecule has 1 fully saturated rings. The van der Waals surface area contributed by atoms with E-state index < -0.39 is 24.3 Å². The second-order valence-electron chi connectivity index (χ2n) is 8.66. The Kier molecular flexibility index (Phi) is 9.50. The Hall–Kier alpha value is -3.18. The van der Waals surface area contributed by atoms with Crippen molar-refractivity contribution in [1.29, 1.82) is 0 Å². The third-order valence-electron chi connectivity index (χ3n) is 5.73. The number of carbonyl (C=O) groups is 2. The van der Waals surface area contributed by atoms with Crippen LogP contribution in [0.25, 0.3) is 0 Å². The van der Waals surface area contributed by atoms with Crippen LogP contribution in [-0.4, -0.2) is 75.6 Å². The third kappa shape index (κ3) is 8.16. The van der Waals surface area contributed by atoms with E-state index in [1.165, 1.54) is 19.0 Å². The summed E-state index contributed by atoms with van der Waals surface area (Å²) in [5.74, 6) is -1.39. The zero-order valence-electron chi connectivity index (χ0n) is 20.7. The second kappa shape index (κ2) is 12.4. The number of esters is 1. The van der Waals surface area contributed by atoms with Crippen LogP contribution >= 0.6 is 11.6 Å². The van der Waals surface area contributed by atoms with Crippen LogP contribution in [0.3, 0.4) is 0 Å². The zero-order chi connectivity index (χ0) is 27.2. The zero-order valence-corrected chi connectivity index (χ0v) is 21.4. The molecular weight excluding hydrogens is 515 g/mol. The van der Waals surface area contributed by atoms with E-state index in [1.807, 2.05) is 11.8 Å². The van der Waals surface area contributed by atoms with Crippen molar-refractivity contribution in [3.63, 3.8) is 0 Å². The molecule has 0 aromatic heterocycles. The summed E-state index contributed by atoms with van der Waals surface area (Å²) in [6.07, 6.45) is -5.91. The van der Waals surface area contributed by atoms with Crippen LogP contribution in [0.5, 0.6) is 11.5 Å². The van der Waals surface area contributed by atoms with Crippen molar-refractivity contribution >= 4 is 29.3 Å². The number of nitrogens with one attached hydrogen (secondary N) is 1. The summed E-state index contributed by atoms with van der Waals surface area (Å²) >= 11 is 5.90. The quantitative estimate of drug-likeness (QED) is 0.471. The van der Waals surface area contributed by atoms with E-state index in [9.17, 15) is 22.8 Å². The van der Waals surface area contributed by atoms with Crippen LogP contribution in [0, 0.1) is 6.92 Å². The third-order valence-corrected chi connectivity index (χ3v) is 5.98. The highest BCUT2D eigenvalue weighted by Crippen LogP contribution is 2.30. The predicted octanol–water partition coefficient (Wildman–Crippen LogP) is 4.43. The molecule has 1 N–H and O–H groups in total. The van der Waals surface area contributed by atoms with E-state index in [0.717, 1.165) is 5.56 Å². The SMILES string of the molecule is CNC(=O)N(C)c1ccc(C)cc1OCC(CN1CCC(Oc2ccc(Cl)cc2)C1)OC(=O)C(F)(F)F. The Morgan fingerprint density at radius 2 is 1.92 bits per heavy atom. The van der Waals surface area contributed by atoms with Crippen LogP contribution in [0.4, 0.5) is 23.7 Å². The number of hydrogen-bond acceptors (Lipinski definition) is 6. The summed E-state index contributed by atoms with van der Waals surface area (Å²) in [6, 6.07) is 11.6. The Bertz CT molecular complexity index is 1080. The molecule has 2 unspecified atom stereocenters. The van der Waals surface area contributed by atoms with Crippen LogP contribution in [0.15, 0.2) is 42.5 Å². The van der Waals surface area contributed by atoms with Gasteiger partial charge in [-0.3, -0.25) is 9.80 Å². The van der Waals surface area contributed by atoms with Gasteiger partial charge >= 0.3 is 18.2 Å². The number of benzene rings is 2. The van der Waals surface area contributed by atoms with Gasteiger partial charge in [0.15, 0.2) is 0 Å². The number of nitrogens with zero attached hydrogens (tertiary/aromatic N) is 2. The highest BCUT2D eigenvalue weighted by Gasteiger charge is 2.43. The largest absolute Gasteiger partial charge is 0.490 e. The molecule has 2 aromatic carbocycles. The van der Waals surface area contributed by atoms with Gasteiger partial charge in [-0.25, -0.2) is 9.59 Å². The van der Waals surface area contributed by atoms with E-state index in [4.69, 9.17) is 25.8 Å². The van der Waals surface area contributed by atoms with Crippen LogP contribution in [0.1, 0.15) is 12.0 Å². The average molecular weight is 544 g/mol. The van der Waals surface area contributed by atoms with Gasteiger partial charge < -0.3 is 19.5 Å². The Morgan fingerprint density at radius 1 is 1.22 bits per heavy atom. The summed E-state index contributed by atoms with van der Waals surface area (Å²) in [6.45, 7) is 2.43. The Morgan fingerprint density at radius 3 is 2.57 bits per heavy atom. The number of urea groups is 1. The van der Waals surface area contributed by atoms with Crippen molar-refractivity contribution < 1.29 is 37.0 Å². The van der Waals surface area contributed by atoms with Crippen molar-refractivity contribution in [3.8, 4) is 11.5 Å². The molecule has 8 nitrogen and oxygen atoms in total. The number of amides is 2. The predicted molar refractivity (Wildman–Crippen MR) is 132 cm³/mol. The molecule has 0 aliphatic carbocycles. The fraction of sp³-hybridized carbons (Fsp3) is 0.440. The van der Waals surface area contributed by atoms with Crippen LogP contribution in [-0.2, 0) is 9.53 Å². The molecule has 12 heteroatoms. The van der Waals surface area contributed by atoms with Gasteiger partial charge in [-0.1, -0.05) is 17.7 Å². The van der Waals surface area contributed by atoms with Gasteiger partial charge in [0.2, 0.25) is 0 Å². The number of hydrogen-bond donors (Lipinski definition) is 1. The molecule has 2 aromatic rings. The van der Waals surface area contributed by atoms with Gasteiger partial charge in [0, 0.05) is 38.8 Å². The highest BCUT2D eigenvalue weighted by molar-refractivity contribution is 6.30. The fourth-order valence-corrected chi connectivity index (χ4v) is 3.99. The first kappa shape index (κ1) is 28.4. The van der Waals surface area contributed by atoms with Crippen LogP contribution < -0.4 is 19.7 Å². The topological polar surface area (TPSA) is 80.3 Å². The number of halogens is 4. The first-order valence-electron chi connectivity index (χ1n) is 11.6.